The summed E-state index contributed by atoms with van der Waals surface area (Å²) in [6, 6.07) is -2.12. The number of rotatable bonds is 10. The number of carbonyl (C=O) groups is 2. The molecule has 0 heterocycles. The molecule has 0 aliphatic carbocycles. The Morgan fingerprint density at radius 1 is 1.44 bits per heavy atom. The summed E-state index contributed by atoms with van der Waals surface area (Å²) in [5.74, 6) is -1.98. The van der Waals surface area contributed by atoms with Crippen LogP contribution in [-0.2, 0) is 14.3 Å². The van der Waals surface area contributed by atoms with Crippen LogP contribution < -0.4 is 11.2 Å². The van der Waals surface area contributed by atoms with E-state index in [1.165, 1.54) is 0 Å². The highest BCUT2D eigenvalue weighted by molar-refractivity contribution is 5.77. The molecule has 0 bridgehead atoms. The van der Waals surface area contributed by atoms with Gasteiger partial charge in [0, 0.05) is 0 Å². The van der Waals surface area contributed by atoms with Gasteiger partial charge < -0.3 is 15.6 Å². The van der Waals surface area contributed by atoms with E-state index < -0.39 is 30.6 Å². The summed E-state index contributed by atoms with van der Waals surface area (Å²) in [5, 5.41) is 11.0. The highest BCUT2D eigenvalue weighted by Crippen LogP contribution is 2.05. The zero-order chi connectivity index (χ0) is 14.0. The van der Waals surface area contributed by atoms with Crippen LogP contribution in [-0.4, -0.2) is 35.7 Å². The van der Waals surface area contributed by atoms with Crippen LogP contribution in [0.5, 0.6) is 0 Å². The van der Waals surface area contributed by atoms with Gasteiger partial charge >= 0.3 is 11.9 Å². The van der Waals surface area contributed by atoms with E-state index in [-0.39, 0.29) is 0 Å². The van der Waals surface area contributed by atoms with Crippen LogP contribution in [0.25, 0.3) is 0 Å². The van der Waals surface area contributed by atoms with Gasteiger partial charge in [0.2, 0.25) is 0 Å². The van der Waals surface area contributed by atoms with E-state index in [9.17, 15) is 14.5 Å². The van der Waals surface area contributed by atoms with Crippen LogP contribution in [0.4, 0.5) is 0 Å². The van der Waals surface area contributed by atoms with Crippen molar-refractivity contribution in [3.63, 3.8) is 0 Å². The van der Waals surface area contributed by atoms with Crippen molar-refractivity contribution in [2.45, 2.75) is 44.7 Å². The van der Waals surface area contributed by atoms with E-state index in [0.717, 1.165) is 19.3 Å². The second kappa shape index (κ2) is 9.34. The second-order valence-electron chi connectivity index (χ2n) is 3.84. The van der Waals surface area contributed by atoms with Gasteiger partial charge in [-0.1, -0.05) is 26.2 Å². The first kappa shape index (κ1) is 16.3. The van der Waals surface area contributed by atoms with E-state index >= 15 is 0 Å². The van der Waals surface area contributed by atoms with Gasteiger partial charge in [0.25, 0.3) is 0 Å². The predicted octanol–water partition coefficient (Wildman–Crippen LogP) is 0.161. The molecular formula is C10H19N3O5. The van der Waals surface area contributed by atoms with Crippen LogP contribution in [0.15, 0.2) is 5.29 Å². The number of carboxylic acid groups (broad SMARTS) is 1. The van der Waals surface area contributed by atoms with E-state index in [4.69, 9.17) is 15.6 Å². The molecule has 104 valence electrons. The van der Waals surface area contributed by atoms with E-state index in [1.807, 2.05) is 6.92 Å². The summed E-state index contributed by atoms with van der Waals surface area (Å²) < 4.78 is 4.70. The number of nitroso groups, excluding NO2 is 1. The van der Waals surface area contributed by atoms with Gasteiger partial charge in [-0.25, -0.2) is 4.79 Å². The van der Waals surface area contributed by atoms with Crippen molar-refractivity contribution in [1.29, 1.82) is 0 Å². The summed E-state index contributed by atoms with van der Waals surface area (Å²) in [4.78, 5) is 32.1. The summed E-state index contributed by atoms with van der Waals surface area (Å²) in [5.41, 5.74) is 7.28. The molecule has 2 atom stereocenters. The van der Waals surface area contributed by atoms with Crippen molar-refractivity contribution in [3.05, 3.63) is 4.91 Å². The van der Waals surface area contributed by atoms with Crippen molar-refractivity contribution in [1.82, 2.24) is 5.43 Å². The number of aliphatic carboxylic acids is 1. The van der Waals surface area contributed by atoms with E-state index in [2.05, 4.69) is 10.7 Å². The number of esters is 1. The minimum Gasteiger partial charge on any atom is -0.480 e. The maximum Gasteiger partial charge on any atom is 0.330 e. The number of carboxylic acids is 1. The highest BCUT2D eigenvalue weighted by atomic mass is 16.5. The Morgan fingerprint density at radius 3 is 2.61 bits per heavy atom. The number of nitrogens with zero attached hydrogens (tertiary/aromatic N) is 1. The number of carbonyl (C=O) groups excluding carboxylic acids is 1. The van der Waals surface area contributed by atoms with Crippen LogP contribution in [0.1, 0.15) is 32.6 Å². The molecule has 0 spiro atoms. The van der Waals surface area contributed by atoms with Gasteiger partial charge in [-0.05, 0) is 6.42 Å². The smallest absolute Gasteiger partial charge is 0.330 e. The van der Waals surface area contributed by atoms with E-state index in [1.54, 1.807) is 0 Å². The fourth-order valence-corrected chi connectivity index (χ4v) is 1.24. The first-order chi connectivity index (χ1) is 8.52. The second-order valence-corrected chi connectivity index (χ2v) is 3.84. The molecule has 8 nitrogen and oxygen atoms in total. The minimum atomic E-state index is -1.27. The molecule has 0 aromatic rings. The zero-order valence-corrected chi connectivity index (χ0v) is 10.3. The number of nitrogens with two attached hydrogens (primary N) is 1. The lowest BCUT2D eigenvalue weighted by Crippen LogP contribution is -2.40. The molecule has 0 aliphatic heterocycles. The van der Waals surface area contributed by atoms with Gasteiger partial charge in [-0.15, -0.1) is 4.91 Å². The number of hydrogen-bond acceptors (Lipinski definition) is 6. The van der Waals surface area contributed by atoms with Crippen molar-refractivity contribution in [2.24, 2.45) is 11.0 Å². The summed E-state index contributed by atoms with van der Waals surface area (Å²) in [6.07, 6.45) is 3.03. The van der Waals surface area contributed by atoms with Gasteiger partial charge in [-0.2, -0.15) is 0 Å². The SMILES string of the molecule is CCCCCC(NN=O)C(=O)OC[C@H](N)C(=O)O. The molecule has 1 unspecified atom stereocenters. The molecule has 8 heteroatoms. The Hall–Kier alpha value is -1.70. The molecule has 4 N–H and O–H groups in total. The number of nitrogens with one attached hydrogen (secondary N) is 1. The van der Waals surface area contributed by atoms with Gasteiger partial charge in [0.15, 0.2) is 0 Å². The minimum absolute atomic E-state index is 0.403. The quantitative estimate of drug-likeness (QED) is 0.221. The lowest BCUT2D eigenvalue weighted by atomic mass is 10.1. The number of unbranched alkanes of at least 4 members (excludes halogenated alkanes) is 2. The maximum absolute atomic E-state index is 11.5. The fraction of sp³-hybridized carbons (Fsp3) is 0.800. The molecule has 0 amide bonds. The summed E-state index contributed by atoms with van der Waals surface area (Å²) in [7, 11) is 0. The Kier molecular flexibility index (Phi) is 8.46. The standard InChI is InChI=1S/C10H19N3O5/c1-2-3-4-5-8(12-13-17)10(16)18-6-7(11)9(14)15/h7-8H,2-6,11H2,1H3,(H,12,17)(H,14,15)/t7-,8?/m0/s1. The average molecular weight is 261 g/mol. The molecule has 0 radical (unpaired) electrons. The number of hydrogen-bond donors (Lipinski definition) is 3. The fourth-order valence-electron chi connectivity index (χ4n) is 1.24. The lowest BCUT2D eigenvalue weighted by Gasteiger charge is -2.15. The summed E-state index contributed by atoms with van der Waals surface area (Å²) in [6.45, 7) is 1.57. The molecule has 0 saturated heterocycles. The first-order valence-corrected chi connectivity index (χ1v) is 5.75. The first-order valence-electron chi connectivity index (χ1n) is 5.75. The molecular weight excluding hydrogens is 242 g/mol. The molecule has 0 fully saturated rings. The molecule has 18 heavy (non-hydrogen) atoms. The van der Waals surface area contributed by atoms with Gasteiger partial charge in [-0.3, -0.25) is 10.2 Å². The largest absolute Gasteiger partial charge is 0.480 e. The Balaban J connectivity index is 4.12. The third-order valence-electron chi connectivity index (χ3n) is 2.31. The van der Waals surface area contributed by atoms with Crippen LogP contribution >= 0.6 is 0 Å². The lowest BCUT2D eigenvalue weighted by molar-refractivity contribution is -0.149. The Bertz CT molecular complexity index is 285. The van der Waals surface area contributed by atoms with Gasteiger partial charge in [0.05, 0.1) is 5.29 Å². The number of ether oxygens (including phenoxy) is 1. The topological polar surface area (TPSA) is 131 Å². The van der Waals surface area contributed by atoms with Crippen molar-refractivity contribution >= 4 is 11.9 Å². The van der Waals surface area contributed by atoms with Crippen molar-refractivity contribution in [3.8, 4) is 0 Å². The normalized spacial score (nSPS) is 13.4. The molecule has 0 aromatic carbocycles. The molecule has 0 aromatic heterocycles. The van der Waals surface area contributed by atoms with E-state index in [0.29, 0.717) is 6.42 Å². The molecule has 0 saturated carbocycles. The van der Waals surface area contributed by atoms with Crippen LogP contribution in [0.2, 0.25) is 0 Å². The average Bonchev–Trinajstić information content (AvgIpc) is 2.34. The third-order valence-corrected chi connectivity index (χ3v) is 2.31. The molecule has 0 rings (SSSR count). The van der Waals surface area contributed by atoms with Gasteiger partial charge in [0.1, 0.15) is 18.7 Å². The van der Waals surface area contributed by atoms with Crippen LogP contribution in [0.3, 0.4) is 0 Å². The van der Waals surface area contributed by atoms with Crippen molar-refractivity contribution < 1.29 is 19.4 Å². The van der Waals surface area contributed by atoms with Crippen molar-refractivity contribution in [2.75, 3.05) is 6.61 Å². The summed E-state index contributed by atoms with van der Waals surface area (Å²) >= 11 is 0. The highest BCUT2D eigenvalue weighted by Gasteiger charge is 2.22. The predicted molar refractivity (Wildman–Crippen MR) is 63.4 cm³/mol. The zero-order valence-electron chi connectivity index (χ0n) is 10.3. The maximum atomic E-state index is 11.5. The monoisotopic (exact) mass is 261 g/mol. The van der Waals surface area contributed by atoms with Crippen LogP contribution in [0, 0.1) is 4.91 Å². The third kappa shape index (κ3) is 6.79. The molecule has 0 aliphatic rings. The Labute approximate surface area is 105 Å². The Morgan fingerprint density at radius 2 is 2.11 bits per heavy atom.